The molecule has 0 spiro atoms. The second-order valence-corrected chi connectivity index (χ2v) is 7.34. The predicted molar refractivity (Wildman–Crippen MR) is 109 cm³/mol. The van der Waals surface area contributed by atoms with Crippen LogP contribution in [0.4, 0.5) is 13.2 Å². The van der Waals surface area contributed by atoms with Crippen molar-refractivity contribution < 1.29 is 27.5 Å². The summed E-state index contributed by atoms with van der Waals surface area (Å²) in [4.78, 5) is 34.1. The molecule has 1 atom stereocenters. The van der Waals surface area contributed by atoms with Gasteiger partial charge in [-0.25, -0.2) is 9.97 Å². The van der Waals surface area contributed by atoms with Crippen LogP contribution in [0.3, 0.4) is 0 Å². The number of carbonyl (C=O) groups is 2. The number of likely N-dealkylation sites (tertiary alicyclic amines) is 1. The van der Waals surface area contributed by atoms with Crippen LogP contribution in [0.25, 0.3) is 10.9 Å². The van der Waals surface area contributed by atoms with Gasteiger partial charge in [0, 0.05) is 37.2 Å². The number of amides is 2. The summed E-state index contributed by atoms with van der Waals surface area (Å²) in [6, 6.07) is 9.93. The highest BCUT2D eigenvalue weighted by Crippen LogP contribution is 2.30. The molecule has 3 heterocycles. The second-order valence-electron chi connectivity index (χ2n) is 7.34. The molecule has 1 aliphatic rings. The topological polar surface area (TPSA) is 84.4 Å². The number of ether oxygens (including phenoxy) is 1. The van der Waals surface area contributed by atoms with E-state index < -0.39 is 11.7 Å². The van der Waals surface area contributed by atoms with Crippen molar-refractivity contribution in [3.05, 3.63) is 59.9 Å². The molecule has 1 fully saturated rings. The van der Waals surface area contributed by atoms with Gasteiger partial charge in [-0.05, 0) is 37.3 Å². The van der Waals surface area contributed by atoms with Crippen LogP contribution in [-0.2, 0) is 11.0 Å². The van der Waals surface area contributed by atoms with Gasteiger partial charge < -0.3 is 15.0 Å². The molecule has 3 aromatic rings. The van der Waals surface area contributed by atoms with Gasteiger partial charge in [0.25, 0.3) is 5.91 Å². The smallest absolute Gasteiger partial charge is 0.417 e. The van der Waals surface area contributed by atoms with Crippen molar-refractivity contribution in [3.63, 3.8) is 0 Å². The number of benzene rings is 1. The molecule has 7 nitrogen and oxygen atoms in total. The van der Waals surface area contributed by atoms with Crippen LogP contribution in [0.2, 0.25) is 0 Å². The summed E-state index contributed by atoms with van der Waals surface area (Å²) in [6.45, 7) is 2.97. The monoisotopic (exact) mass is 444 g/mol. The van der Waals surface area contributed by atoms with Crippen LogP contribution < -0.4 is 10.1 Å². The van der Waals surface area contributed by atoms with Crippen molar-refractivity contribution in [1.29, 1.82) is 0 Å². The van der Waals surface area contributed by atoms with Crippen LogP contribution in [0, 0.1) is 0 Å². The number of alkyl halides is 3. The molecule has 1 unspecified atom stereocenters. The fraction of sp³-hybridized carbons (Fsp3) is 0.273. The van der Waals surface area contributed by atoms with Gasteiger partial charge in [0.1, 0.15) is 11.4 Å². The van der Waals surface area contributed by atoms with Gasteiger partial charge in [-0.3, -0.25) is 9.59 Å². The number of halogens is 3. The molecule has 1 aliphatic heterocycles. The maximum atomic E-state index is 12.6. The average Bonchev–Trinajstić information content (AvgIpc) is 3.12. The Hall–Kier alpha value is -3.69. The Bertz CT molecular complexity index is 1170. The molecule has 0 bridgehead atoms. The van der Waals surface area contributed by atoms with E-state index in [4.69, 9.17) is 4.74 Å². The SMILES string of the molecule is CCN1CC(NC(=O)c2ccc3cc(Oc4ccc(C(F)(F)F)cn4)ccc3n2)CC1=O. The van der Waals surface area contributed by atoms with Crippen molar-refractivity contribution in [2.45, 2.75) is 25.6 Å². The number of likely N-dealkylation sites (N-methyl/N-ethyl adjacent to an activating group) is 1. The van der Waals surface area contributed by atoms with Gasteiger partial charge in [0.15, 0.2) is 0 Å². The lowest BCUT2D eigenvalue weighted by Gasteiger charge is -2.14. The van der Waals surface area contributed by atoms with Crippen molar-refractivity contribution in [3.8, 4) is 11.6 Å². The zero-order valence-corrected chi connectivity index (χ0v) is 17.0. The van der Waals surface area contributed by atoms with E-state index in [0.717, 1.165) is 12.1 Å². The number of pyridine rings is 2. The second kappa shape index (κ2) is 8.45. The van der Waals surface area contributed by atoms with Crippen LogP contribution in [0.5, 0.6) is 11.6 Å². The molecule has 1 N–H and O–H groups in total. The van der Waals surface area contributed by atoms with Crippen molar-refractivity contribution in [2.75, 3.05) is 13.1 Å². The van der Waals surface area contributed by atoms with Gasteiger partial charge >= 0.3 is 6.18 Å². The number of hydrogen-bond acceptors (Lipinski definition) is 5. The molecule has 0 radical (unpaired) electrons. The summed E-state index contributed by atoms with van der Waals surface area (Å²) in [6.07, 6.45) is -3.49. The predicted octanol–water partition coefficient (Wildman–Crippen LogP) is 3.79. The maximum absolute atomic E-state index is 12.6. The van der Waals surface area contributed by atoms with Crippen molar-refractivity contribution >= 4 is 22.7 Å². The van der Waals surface area contributed by atoms with Gasteiger partial charge in [0.05, 0.1) is 17.1 Å². The third-order valence-electron chi connectivity index (χ3n) is 5.11. The normalized spacial score (nSPS) is 16.4. The molecule has 2 aromatic heterocycles. The first-order valence-corrected chi connectivity index (χ1v) is 9.93. The number of carbonyl (C=O) groups excluding carboxylic acids is 2. The molecule has 0 saturated carbocycles. The molecule has 4 rings (SSSR count). The third-order valence-corrected chi connectivity index (χ3v) is 5.11. The Morgan fingerprint density at radius 2 is 2.03 bits per heavy atom. The zero-order chi connectivity index (χ0) is 22.9. The Morgan fingerprint density at radius 3 is 2.69 bits per heavy atom. The Balaban J connectivity index is 1.45. The van der Waals surface area contributed by atoms with E-state index in [1.165, 1.54) is 0 Å². The highest BCUT2D eigenvalue weighted by molar-refractivity contribution is 5.95. The molecule has 10 heteroatoms. The number of nitrogens with one attached hydrogen (secondary N) is 1. The van der Waals surface area contributed by atoms with Gasteiger partial charge in [-0.2, -0.15) is 13.2 Å². The lowest BCUT2D eigenvalue weighted by Crippen LogP contribution is -2.37. The van der Waals surface area contributed by atoms with Crippen LogP contribution in [0.1, 0.15) is 29.4 Å². The van der Waals surface area contributed by atoms with E-state index >= 15 is 0 Å². The molecular formula is C22H19F3N4O3. The molecule has 1 aromatic carbocycles. The van der Waals surface area contributed by atoms with E-state index in [-0.39, 0.29) is 35.9 Å². The summed E-state index contributed by atoms with van der Waals surface area (Å²) in [5.74, 6) is 0.0395. The average molecular weight is 444 g/mol. The van der Waals surface area contributed by atoms with Crippen LogP contribution in [-0.4, -0.2) is 45.8 Å². The molecule has 166 valence electrons. The van der Waals surface area contributed by atoms with E-state index in [1.807, 2.05) is 6.92 Å². The molecule has 0 aliphatic carbocycles. The van der Waals surface area contributed by atoms with E-state index in [0.29, 0.717) is 35.9 Å². The quantitative estimate of drug-likeness (QED) is 0.647. The fourth-order valence-electron chi connectivity index (χ4n) is 3.46. The minimum Gasteiger partial charge on any atom is -0.439 e. The first kappa shape index (κ1) is 21.5. The standard InChI is InChI=1S/C22H19F3N4O3/c1-2-29-12-15(10-20(29)30)27-21(31)18-6-3-13-9-16(5-7-17(13)28-18)32-19-8-4-14(11-26-19)22(23,24)25/h3-9,11,15H,2,10,12H2,1H3,(H,27,31). The minimum absolute atomic E-state index is 0.0133. The fourth-order valence-corrected chi connectivity index (χ4v) is 3.46. The molecule has 32 heavy (non-hydrogen) atoms. The number of rotatable bonds is 5. The van der Waals surface area contributed by atoms with E-state index in [2.05, 4.69) is 15.3 Å². The Morgan fingerprint density at radius 1 is 1.22 bits per heavy atom. The van der Waals surface area contributed by atoms with Gasteiger partial charge in [-0.15, -0.1) is 0 Å². The first-order valence-electron chi connectivity index (χ1n) is 9.93. The molecule has 1 saturated heterocycles. The van der Waals surface area contributed by atoms with E-state index in [9.17, 15) is 22.8 Å². The Labute approximate surface area is 181 Å². The highest BCUT2D eigenvalue weighted by atomic mass is 19.4. The zero-order valence-electron chi connectivity index (χ0n) is 17.0. The highest BCUT2D eigenvalue weighted by Gasteiger charge is 2.31. The van der Waals surface area contributed by atoms with Crippen molar-refractivity contribution in [2.24, 2.45) is 0 Å². The maximum Gasteiger partial charge on any atom is 0.417 e. The van der Waals surface area contributed by atoms with Gasteiger partial charge in [-0.1, -0.05) is 6.07 Å². The number of hydrogen-bond donors (Lipinski definition) is 1. The summed E-state index contributed by atoms with van der Waals surface area (Å²) >= 11 is 0. The first-order chi connectivity index (χ1) is 15.2. The summed E-state index contributed by atoms with van der Waals surface area (Å²) in [5.41, 5.74) is -0.0937. The number of nitrogens with zero attached hydrogens (tertiary/aromatic N) is 3. The summed E-state index contributed by atoms with van der Waals surface area (Å²) in [5, 5.41) is 3.52. The summed E-state index contributed by atoms with van der Waals surface area (Å²) in [7, 11) is 0. The third kappa shape index (κ3) is 4.63. The lowest BCUT2D eigenvalue weighted by molar-refractivity contribution is -0.137. The molecule has 2 amide bonds. The lowest BCUT2D eigenvalue weighted by atomic mass is 10.2. The summed E-state index contributed by atoms with van der Waals surface area (Å²) < 4.78 is 43.5. The molecular weight excluding hydrogens is 425 g/mol. The number of aromatic nitrogens is 2. The largest absolute Gasteiger partial charge is 0.439 e. The number of fused-ring (bicyclic) bond motifs is 1. The van der Waals surface area contributed by atoms with Gasteiger partial charge in [0.2, 0.25) is 11.8 Å². The van der Waals surface area contributed by atoms with Crippen LogP contribution >= 0.6 is 0 Å². The van der Waals surface area contributed by atoms with Crippen LogP contribution in [0.15, 0.2) is 48.7 Å². The van der Waals surface area contributed by atoms with E-state index in [1.54, 1.807) is 35.2 Å². The Kier molecular flexibility index (Phi) is 5.68. The van der Waals surface area contributed by atoms with Crippen molar-refractivity contribution in [1.82, 2.24) is 20.2 Å². The minimum atomic E-state index is -4.47.